The molecule has 2 rings (SSSR count). The summed E-state index contributed by atoms with van der Waals surface area (Å²) < 4.78 is 5.84. The van der Waals surface area contributed by atoms with Gasteiger partial charge in [0.1, 0.15) is 12.4 Å². The number of hydrogen-bond acceptors (Lipinski definition) is 2. The molecule has 2 aromatic carbocycles. The topological polar surface area (TPSA) is 29.5 Å². The van der Waals surface area contributed by atoms with Crippen LogP contribution in [0.1, 0.15) is 51.2 Å². The predicted octanol–water partition coefficient (Wildman–Crippen LogP) is 5.44. The van der Waals surface area contributed by atoms with E-state index in [1.54, 1.807) is 0 Å². The molecule has 0 saturated carbocycles. The Labute approximate surface area is 158 Å². The lowest BCUT2D eigenvalue weighted by molar-refractivity contribution is -0.132. The number of rotatable bonds is 10. The third kappa shape index (κ3) is 6.91. The van der Waals surface area contributed by atoms with E-state index in [-0.39, 0.29) is 5.91 Å². The first-order valence-electron chi connectivity index (χ1n) is 9.62. The van der Waals surface area contributed by atoms with E-state index in [1.807, 2.05) is 35.2 Å². The van der Waals surface area contributed by atoms with Gasteiger partial charge in [0, 0.05) is 19.5 Å². The van der Waals surface area contributed by atoms with E-state index in [0.717, 1.165) is 36.3 Å². The van der Waals surface area contributed by atoms with E-state index >= 15 is 0 Å². The van der Waals surface area contributed by atoms with Crippen molar-refractivity contribution in [1.29, 1.82) is 0 Å². The van der Waals surface area contributed by atoms with Crippen molar-refractivity contribution in [3.8, 4) is 5.75 Å². The second-order valence-electron chi connectivity index (χ2n) is 7.19. The predicted molar refractivity (Wildman–Crippen MR) is 107 cm³/mol. The Morgan fingerprint density at radius 2 is 1.69 bits per heavy atom. The van der Waals surface area contributed by atoms with Gasteiger partial charge in [-0.2, -0.15) is 0 Å². The summed E-state index contributed by atoms with van der Waals surface area (Å²) in [7, 11) is 0. The smallest absolute Gasteiger partial charge is 0.223 e. The molecule has 0 N–H and O–H groups in total. The molecule has 0 saturated heterocycles. The molecule has 0 aliphatic heterocycles. The van der Waals surface area contributed by atoms with Gasteiger partial charge in [0.15, 0.2) is 0 Å². The van der Waals surface area contributed by atoms with Gasteiger partial charge in [0.25, 0.3) is 0 Å². The average molecular weight is 354 g/mol. The van der Waals surface area contributed by atoms with Crippen molar-refractivity contribution in [3.63, 3.8) is 0 Å². The summed E-state index contributed by atoms with van der Waals surface area (Å²) in [4.78, 5) is 14.5. The first kappa shape index (κ1) is 20.0. The molecule has 2 aromatic rings. The lowest BCUT2D eigenvalue weighted by Gasteiger charge is -2.24. The van der Waals surface area contributed by atoms with Crippen molar-refractivity contribution in [1.82, 2.24) is 4.90 Å². The van der Waals surface area contributed by atoms with E-state index in [2.05, 4.69) is 45.0 Å². The zero-order chi connectivity index (χ0) is 18.8. The van der Waals surface area contributed by atoms with Crippen molar-refractivity contribution in [2.75, 3.05) is 6.54 Å². The highest BCUT2D eigenvalue weighted by molar-refractivity contribution is 5.76. The number of benzene rings is 2. The quantitative estimate of drug-likeness (QED) is 0.569. The molecule has 0 heterocycles. The summed E-state index contributed by atoms with van der Waals surface area (Å²) in [5.74, 6) is 1.49. The van der Waals surface area contributed by atoms with Crippen LogP contribution >= 0.6 is 0 Å². The highest BCUT2D eigenvalue weighted by Crippen LogP contribution is 2.17. The number of carbonyl (C=O) groups is 1. The largest absolute Gasteiger partial charge is 0.489 e. The zero-order valence-corrected chi connectivity index (χ0v) is 16.3. The molecule has 0 aliphatic carbocycles. The van der Waals surface area contributed by atoms with Crippen LogP contribution in [0.3, 0.4) is 0 Å². The summed E-state index contributed by atoms with van der Waals surface area (Å²) in [5.41, 5.74) is 2.30. The van der Waals surface area contributed by atoms with Gasteiger partial charge >= 0.3 is 0 Å². The number of amides is 1. The van der Waals surface area contributed by atoms with Crippen LogP contribution in [-0.2, 0) is 17.9 Å². The minimum atomic E-state index is 0.248. The van der Waals surface area contributed by atoms with Crippen LogP contribution in [0.2, 0.25) is 0 Å². The fourth-order valence-corrected chi connectivity index (χ4v) is 2.77. The third-order valence-electron chi connectivity index (χ3n) is 4.26. The number of unbranched alkanes of at least 4 members (excludes halogenated alkanes) is 1. The van der Waals surface area contributed by atoms with Crippen LogP contribution in [-0.4, -0.2) is 17.4 Å². The zero-order valence-electron chi connectivity index (χ0n) is 16.3. The number of ether oxygens (including phenoxy) is 1. The molecular weight excluding hydrogens is 322 g/mol. The Morgan fingerprint density at radius 1 is 1.00 bits per heavy atom. The van der Waals surface area contributed by atoms with Gasteiger partial charge in [0.2, 0.25) is 5.91 Å². The second-order valence-corrected chi connectivity index (χ2v) is 7.19. The standard InChI is InChI=1S/C23H31NO2/c1-4-5-15-24(23(25)16-19(2)3)17-20-11-13-22(14-12-20)26-18-21-9-7-6-8-10-21/h6-14,19H,4-5,15-18H2,1-3H3. The van der Waals surface area contributed by atoms with Crippen molar-refractivity contribution >= 4 is 5.91 Å². The normalized spacial score (nSPS) is 10.8. The number of nitrogens with zero attached hydrogens (tertiary/aromatic N) is 1. The number of carbonyl (C=O) groups excluding carboxylic acids is 1. The van der Waals surface area contributed by atoms with E-state index in [9.17, 15) is 4.79 Å². The Hall–Kier alpha value is -2.29. The maximum atomic E-state index is 12.5. The van der Waals surface area contributed by atoms with Crippen molar-refractivity contribution < 1.29 is 9.53 Å². The van der Waals surface area contributed by atoms with Gasteiger partial charge in [-0.3, -0.25) is 4.79 Å². The highest BCUT2D eigenvalue weighted by atomic mass is 16.5. The molecule has 3 nitrogen and oxygen atoms in total. The van der Waals surface area contributed by atoms with Crippen LogP contribution in [0, 0.1) is 5.92 Å². The van der Waals surface area contributed by atoms with E-state index in [4.69, 9.17) is 4.74 Å². The minimum Gasteiger partial charge on any atom is -0.489 e. The summed E-state index contributed by atoms with van der Waals surface area (Å²) >= 11 is 0. The Balaban J connectivity index is 1.93. The van der Waals surface area contributed by atoms with Crippen LogP contribution < -0.4 is 4.74 Å². The Bertz CT molecular complexity index is 650. The molecule has 3 heteroatoms. The van der Waals surface area contributed by atoms with E-state index in [0.29, 0.717) is 25.5 Å². The molecule has 0 aromatic heterocycles. The average Bonchev–Trinajstić information content (AvgIpc) is 2.64. The van der Waals surface area contributed by atoms with Gasteiger partial charge in [-0.1, -0.05) is 69.7 Å². The first-order chi connectivity index (χ1) is 12.6. The third-order valence-corrected chi connectivity index (χ3v) is 4.26. The minimum absolute atomic E-state index is 0.248. The molecule has 140 valence electrons. The molecule has 0 aliphatic rings. The molecule has 0 bridgehead atoms. The fourth-order valence-electron chi connectivity index (χ4n) is 2.77. The fraction of sp³-hybridized carbons (Fsp3) is 0.435. The molecule has 0 atom stereocenters. The summed E-state index contributed by atoms with van der Waals surface area (Å²) in [5, 5.41) is 0. The molecule has 0 unspecified atom stereocenters. The molecule has 0 fully saturated rings. The van der Waals surface area contributed by atoms with Crippen molar-refractivity contribution in [3.05, 3.63) is 65.7 Å². The van der Waals surface area contributed by atoms with Gasteiger partial charge in [-0.05, 0) is 35.6 Å². The lowest BCUT2D eigenvalue weighted by Crippen LogP contribution is -2.32. The van der Waals surface area contributed by atoms with Crippen molar-refractivity contribution in [2.24, 2.45) is 5.92 Å². The summed E-state index contributed by atoms with van der Waals surface area (Å²) in [6, 6.07) is 18.2. The molecular formula is C23H31NO2. The monoisotopic (exact) mass is 353 g/mol. The Kier molecular flexibility index (Phi) is 8.20. The van der Waals surface area contributed by atoms with Crippen molar-refractivity contribution in [2.45, 2.75) is 53.2 Å². The van der Waals surface area contributed by atoms with Gasteiger partial charge in [0.05, 0.1) is 0 Å². The first-order valence-corrected chi connectivity index (χ1v) is 9.62. The SMILES string of the molecule is CCCCN(Cc1ccc(OCc2ccccc2)cc1)C(=O)CC(C)C. The maximum Gasteiger partial charge on any atom is 0.223 e. The number of hydrogen-bond donors (Lipinski definition) is 0. The maximum absolute atomic E-state index is 12.5. The van der Waals surface area contributed by atoms with Gasteiger partial charge < -0.3 is 9.64 Å². The molecule has 0 spiro atoms. The van der Waals surface area contributed by atoms with E-state index in [1.165, 1.54) is 0 Å². The molecule has 1 amide bonds. The van der Waals surface area contributed by atoms with Gasteiger partial charge in [-0.25, -0.2) is 0 Å². The Morgan fingerprint density at radius 3 is 2.31 bits per heavy atom. The van der Waals surface area contributed by atoms with Crippen LogP contribution in [0.15, 0.2) is 54.6 Å². The van der Waals surface area contributed by atoms with Crippen LogP contribution in [0.4, 0.5) is 0 Å². The highest BCUT2D eigenvalue weighted by Gasteiger charge is 2.15. The lowest BCUT2D eigenvalue weighted by atomic mass is 10.1. The molecule has 0 radical (unpaired) electrons. The van der Waals surface area contributed by atoms with Crippen LogP contribution in [0.25, 0.3) is 0 Å². The van der Waals surface area contributed by atoms with Gasteiger partial charge in [-0.15, -0.1) is 0 Å². The second kappa shape index (κ2) is 10.6. The summed E-state index contributed by atoms with van der Waals surface area (Å²) in [6.07, 6.45) is 2.75. The molecule has 26 heavy (non-hydrogen) atoms. The van der Waals surface area contributed by atoms with E-state index < -0.39 is 0 Å². The van der Waals surface area contributed by atoms with Crippen LogP contribution in [0.5, 0.6) is 5.75 Å². The summed E-state index contributed by atoms with van der Waals surface area (Å²) in [6.45, 7) is 8.40.